The van der Waals surface area contributed by atoms with Gasteiger partial charge in [-0.05, 0) is 43.3 Å². The Balaban J connectivity index is 1.47. The predicted octanol–water partition coefficient (Wildman–Crippen LogP) is 4.26. The van der Waals surface area contributed by atoms with Gasteiger partial charge in [-0.3, -0.25) is 14.6 Å². The van der Waals surface area contributed by atoms with E-state index in [1.165, 1.54) is 6.20 Å². The number of carbonyl (C=O) groups is 2. The molecule has 1 saturated heterocycles. The third-order valence-electron chi connectivity index (χ3n) is 5.34. The minimum atomic E-state index is -0.246. The van der Waals surface area contributed by atoms with Gasteiger partial charge in [-0.2, -0.15) is 0 Å². The number of halogens is 1. The van der Waals surface area contributed by atoms with E-state index in [4.69, 9.17) is 11.6 Å². The largest absolute Gasteiger partial charge is 0.365 e. The average Bonchev–Trinajstić information content (AvgIpc) is 2.80. The zero-order valence-electron chi connectivity index (χ0n) is 17.2. The topological polar surface area (TPSA) is 65.5 Å². The summed E-state index contributed by atoms with van der Waals surface area (Å²) in [7, 11) is 0. The number of aromatic nitrogens is 1. The van der Waals surface area contributed by atoms with E-state index >= 15 is 0 Å². The molecular weight excluding hydrogens is 412 g/mol. The minimum absolute atomic E-state index is 0.0314. The van der Waals surface area contributed by atoms with E-state index in [2.05, 4.69) is 15.2 Å². The maximum Gasteiger partial charge on any atom is 0.257 e. The number of hydrogen-bond acceptors (Lipinski definition) is 4. The zero-order chi connectivity index (χ0) is 21.8. The lowest BCUT2D eigenvalue weighted by Crippen LogP contribution is -2.49. The van der Waals surface area contributed by atoms with Crippen LogP contribution in [0.4, 0.5) is 11.4 Å². The predicted molar refractivity (Wildman–Crippen MR) is 123 cm³/mol. The quantitative estimate of drug-likeness (QED) is 0.666. The number of aryl methyl sites for hydroxylation is 1. The van der Waals surface area contributed by atoms with Crippen molar-refractivity contribution in [2.45, 2.75) is 6.92 Å². The second-order valence-corrected chi connectivity index (χ2v) is 7.88. The maximum absolute atomic E-state index is 12.8. The van der Waals surface area contributed by atoms with Crippen LogP contribution in [0.2, 0.25) is 5.02 Å². The molecule has 0 saturated carbocycles. The summed E-state index contributed by atoms with van der Waals surface area (Å²) < 4.78 is 0. The number of nitrogens with one attached hydrogen (secondary N) is 1. The van der Waals surface area contributed by atoms with Gasteiger partial charge in [0.15, 0.2) is 0 Å². The van der Waals surface area contributed by atoms with E-state index in [0.29, 0.717) is 48.0 Å². The van der Waals surface area contributed by atoms with Crippen LogP contribution in [-0.2, 0) is 0 Å². The Hall–Kier alpha value is -3.38. The fourth-order valence-corrected chi connectivity index (χ4v) is 3.94. The summed E-state index contributed by atoms with van der Waals surface area (Å²) in [6.45, 7) is 4.40. The van der Waals surface area contributed by atoms with E-state index in [0.717, 1.165) is 11.3 Å². The number of rotatable bonds is 4. The van der Waals surface area contributed by atoms with Crippen molar-refractivity contribution in [3.63, 3.8) is 0 Å². The van der Waals surface area contributed by atoms with Crippen LogP contribution in [0, 0.1) is 6.92 Å². The summed E-state index contributed by atoms with van der Waals surface area (Å²) in [5.41, 5.74) is 3.70. The van der Waals surface area contributed by atoms with Crippen molar-refractivity contribution >= 4 is 34.8 Å². The summed E-state index contributed by atoms with van der Waals surface area (Å²) in [4.78, 5) is 33.4. The van der Waals surface area contributed by atoms with Gasteiger partial charge in [0.05, 0.1) is 22.0 Å². The second kappa shape index (κ2) is 9.18. The molecule has 0 radical (unpaired) electrons. The fraction of sp³-hybridized carbons (Fsp3) is 0.208. The van der Waals surface area contributed by atoms with Crippen molar-refractivity contribution in [2.75, 3.05) is 36.4 Å². The van der Waals surface area contributed by atoms with Gasteiger partial charge in [0, 0.05) is 44.1 Å². The molecule has 0 spiro atoms. The highest BCUT2D eigenvalue weighted by Crippen LogP contribution is 2.35. The number of para-hydroxylation sites is 1. The molecule has 4 rings (SSSR count). The van der Waals surface area contributed by atoms with Gasteiger partial charge in [-0.1, -0.05) is 35.4 Å². The highest BCUT2D eigenvalue weighted by atomic mass is 35.5. The van der Waals surface area contributed by atoms with Gasteiger partial charge in [0.2, 0.25) is 0 Å². The van der Waals surface area contributed by atoms with Crippen molar-refractivity contribution in [1.29, 1.82) is 0 Å². The van der Waals surface area contributed by atoms with E-state index < -0.39 is 0 Å². The summed E-state index contributed by atoms with van der Waals surface area (Å²) in [6.07, 6.45) is 3.15. The number of hydrogen-bond donors (Lipinski definition) is 1. The Bertz CT molecular complexity index is 1080. The first kappa shape index (κ1) is 20.9. The molecule has 1 fully saturated rings. The number of pyridine rings is 1. The van der Waals surface area contributed by atoms with E-state index in [-0.39, 0.29) is 11.8 Å². The summed E-state index contributed by atoms with van der Waals surface area (Å²) in [5.74, 6) is -0.214. The summed E-state index contributed by atoms with van der Waals surface area (Å²) in [6, 6.07) is 16.5. The molecule has 0 bridgehead atoms. The first-order valence-corrected chi connectivity index (χ1v) is 10.5. The minimum Gasteiger partial charge on any atom is -0.365 e. The SMILES string of the molecule is Cc1ccc(C(=O)N2CCN(c3c(Cl)cccc3NC(=O)c3cccnc3)CC2)cc1. The smallest absolute Gasteiger partial charge is 0.257 e. The van der Waals surface area contributed by atoms with Crippen LogP contribution in [0.3, 0.4) is 0 Å². The molecule has 7 heteroatoms. The molecule has 31 heavy (non-hydrogen) atoms. The Labute approximate surface area is 186 Å². The Morgan fingerprint density at radius 3 is 2.35 bits per heavy atom. The number of carbonyl (C=O) groups excluding carboxylic acids is 2. The van der Waals surface area contributed by atoms with Crippen molar-refractivity contribution in [1.82, 2.24) is 9.88 Å². The normalized spacial score (nSPS) is 13.7. The van der Waals surface area contributed by atoms with E-state index in [1.54, 1.807) is 24.4 Å². The monoisotopic (exact) mass is 434 g/mol. The number of piperazine rings is 1. The molecule has 1 aromatic heterocycles. The van der Waals surface area contributed by atoms with Gasteiger partial charge in [-0.15, -0.1) is 0 Å². The molecular formula is C24H23ClN4O2. The van der Waals surface area contributed by atoms with Gasteiger partial charge < -0.3 is 15.1 Å². The number of nitrogens with zero attached hydrogens (tertiary/aromatic N) is 3. The van der Waals surface area contributed by atoms with Gasteiger partial charge >= 0.3 is 0 Å². The third kappa shape index (κ3) is 4.70. The Morgan fingerprint density at radius 2 is 1.68 bits per heavy atom. The van der Waals surface area contributed by atoms with Crippen molar-refractivity contribution in [3.05, 3.63) is 88.7 Å². The molecule has 2 amide bonds. The standard InChI is InChI=1S/C24H23ClN4O2/c1-17-7-9-18(10-8-17)24(31)29-14-12-28(13-15-29)22-20(25)5-2-6-21(22)27-23(30)19-4-3-11-26-16-19/h2-11,16H,12-15H2,1H3,(H,27,30). The van der Waals surface area contributed by atoms with Crippen molar-refractivity contribution in [3.8, 4) is 0 Å². The molecule has 1 aliphatic heterocycles. The number of benzene rings is 2. The van der Waals surface area contributed by atoms with Gasteiger partial charge in [0.1, 0.15) is 0 Å². The Morgan fingerprint density at radius 1 is 0.935 bits per heavy atom. The lowest BCUT2D eigenvalue weighted by atomic mass is 10.1. The van der Waals surface area contributed by atoms with Gasteiger partial charge in [0.25, 0.3) is 11.8 Å². The highest BCUT2D eigenvalue weighted by Gasteiger charge is 2.25. The zero-order valence-corrected chi connectivity index (χ0v) is 18.0. The molecule has 1 N–H and O–H groups in total. The summed E-state index contributed by atoms with van der Waals surface area (Å²) >= 11 is 6.52. The lowest BCUT2D eigenvalue weighted by Gasteiger charge is -2.37. The van der Waals surface area contributed by atoms with Crippen LogP contribution < -0.4 is 10.2 Å². The highest BCUT2D eigenvalue weighted by molar-refractivity contribution is 6.34. The summed E-state index contributed by atoms with van der Waals surface area (Å²) in [5, 5.41) is 3.50. The van der Waals surface area contributed by atoms with E-state index in [1.807, 2.05) is 48.2 Å². The fourth-order valence-electron chi connectivity index (χ4n) is 3.64. The molecule has 2 heterocycles. The first-order valence-electron chi connectivity index (χ1n) is 10.1. The molecule has 1 aliphatic rings. The lowest BCUT2D eigenvalue weighted by molar-refractivity contribution is 0.0746. The Kier molecular flexibility index (Phi) is 6.18. The van der Waals surface area contributed by atoms with Crippen LogP contribution in [0.15, 0.2) is 67.0 Å². The number of anilines is 2. The molecule has 0 unspecified atom stereocenters. The average molecular weight is 435 g/mol. The molecule has 3 aromatic rings. The molecule has 0 aliphatic carbocycles. The second-order valence-electron chi connectivity index (χ2n) is 7.48. The maximum atomic E-state index is 12.8. The molecule has 0 atom stereocenters. The van der Waals surface area contributed by atoms with Crippen LogP contribution >= 0.6 is 11.6 Å². The third-order valence-corrected chi connectivity index (χ3v) is 5.65. The molecule has 158 valence electrons. The first-order chi connectivity index (χ1) is 15.0. The molecule has 2 aromatic carbocycles. The van der Waals surface area contributed by atoms with Crippen molar-refractivity contribution in [2.24, 2.45) is 0 Å². The van der Waals surface area contributed by atoms with E-state index in [9.17, 15) is 9.59 Å². The van der Waals surface area contributed by atoms with Crippen LogP contribution in [-0.4, -0.2) is 47.9 Å². The van der Waals surface area contributed by atoms with Crippen LogP contribution in [0.5, 0.6) is 0 Å². The van der Waals surface area contributed by atoms with Gasteiger partial charge in [-0.25, -0.2) is 0 Å². The number of amides is 2. The molecule has 6 nitrogen and oxygen atoms in total. The van der Waals surface area contributed by atoms with Crippen molar-refractivity contribution < 1.29 is 9.59 Å². The van der Waals surface area contributed by atoms with Crippen LogP contribution in [0.25, 0.3) is 0 Å². The van der Waals surface area contributed by atoms with Crippen LogP contribution in [0.1, 0.15) is 26.3 Å².